The Kier molecular flexibility index (Phi) is 10.0. The molecular formula is C19H29ClN2O3. The summed E-state index contributed by atoms with van der Waals surface area (Å²) in [4.78, 5) is 13.9. The maximum absolute atomic E-state index is 11.9. The molecular weight excluding hydrogens is 340 g/mol. The number of methoxy groups -OCH3 is 1. The molecule has 0 bridgehead atoms. The summed E-state index contributed by atoms with van der Waals surface area (Å²) < 4.78 is 10.9. The Morgan fingerprint density at radius 2 is 2.12 bits per heavy atom. The predicted octanol–water partition coefficient (Wildman–Crippen LogP) is 3.17. The Morgan fingerprint density at radius 1 is 1.28 bits per heavy atom. The van der Waals surface area contributed by atoms with Crippen LogP contribution in [-0.2, 0) is 11.3 Å². The molecule has 1 aromatic rings. The first-order valence-corrected chi connectivity index (χ1v) is 8.63. The van der Waals surface area contributed by atoms with Gasteiger partial charge >= 0.3 is 0 Å². The van der Waals surface area contributed by atoms with Gasteiger partial charge in [0.25, 0.3) is 0 Å². The molecule has 1 aliphatic heterocycles. The molecule has 0 saturated carbocycles. The van der Waals surface area contributed by atoms with Crippen molar-refractivity contribution >= 4 is 18.3 Å². The Balaban J connectivity index is 0.00000312. The molecule has 140 valence electrons. The lowest BCUT2D eigenvalue weighted by Crippen LogP contribution is -2.36. The van der Waals surface area contributed by atoms with Gasteiger partial charge in [0.05, 0.1) is 7.11 Å². The average molecular weight is 369 g/mol. The average Bonchev–Trinajstić information content (AvgIpc) is 2.81. The Labute approximate surface area is 156 Å². The number of nitrogens with zero attached hydrogens (tertiary/aromatic N) is 1. The van der Waals surface area contributed by atoms with Crippen LogP contribution in [0, 0.1) is 0 Å². The molecule has 1 aromatic carbocycles. The van der Waals surface area contributed by atoms with Crippen LogP contribution in [0.5, 0.6) is 11.5 Å². The second-order valence-corrected chi connectivity index (χ2v) is 5.95. The lowest BCUT2D eigenvalue weighted by molar-refractivity contribution is -0.130. The number of rotatable bonds is 9. The molecule has 0 radical (unpaired) electrons. The maximum Gasteiger partial charge on any atom is 0.222 e. The van der Waals surface area contributed by atoms with Crippen molar-refractivity contribution in [2.45, 2.75) is 32.2 Å². The normalized spacial score (nSPS) is 14.4. The molecule has 1 saturated heterocycles. The van der Waals surface area contributed by atoms with Crippen LogP contribution < -0.4 is 14.8 Å². The first kappa shape index (κ1) is 21.3. The van der Waals surface area contributed by atoms with Gasteiger partial charge in [0.2, 0.25) is 5.91 Å². The van der Waals surface area contributed by atoms with Gasteiger partial charge in [-0.1, -0.05) is 25.1 Å². The summed E-state index contributed by atoms with van der Waals surface area (Å²) in [5, 5.41) is 3.40. The monoisotopic (exact) mass is 368 g/mol. The molecule has 1 amide bonds. The molecule has 25 heavy (non-hydrogen) atoms. The highest BCUT2D eigenvalue weighted by Crippen LogP contribution is 2.28. The minimum absolute atomic E-state index is 0. The van der Waals surface area contributed by atoms with Gasteiger partial charge in [0.1, 0.15) is 6.61 Å². The van der Waals surface area contributed by atoms with E-state index in [4.69, 9.17) is 9.47 Å². The Morgan fingerprint density at radius 3 is 2.88 bits per heavy atom. The van der Waals surface area contributed by atoms with Crippen LogP contribution >= 0.6 is 12.4 Å². The van der Waals surface area contributed by atoms with Crippen molar-refractivity contribution in [2.24, 2.45) is 0 Å². The second-order valence-electron chi connectivity index (χ2n) is 5.95. The number of likely N-dealkylation sites (tertiary alicyclic amines) is 1. The zero-order valence-corrected chi connectivity index (χ0v) is 15.8. The van der Waals surface area contributed by atoms with Crippen LogP contribution in [-0.4, -0.2) is 44.2 Å². The highest BCUT2D eigenvalue weighted by molar-refractivity contribution is 5.85. The molecule has 0 atom stereocenters. The van der Waals surface area contributed by atoms with Gasteiger partial charge < -0.3 is 19.7 Å². The van der Waals surface area contributed by atoms with E-state index in [9.17, 15) is 4.79 Å². The predicted molar refractivity (Wildman–Crippen MR) is 103 cm³/mol. The number of hydrogen-bond donors (Lipinski definition) is 1. The van der Waals surface area contributed by atoms with Crippen molar-refractivity contribution in [1.29, 1.82) is 0 Å². The number of benzene rings is 1. The van der Waals surface area contributed by atoms with E-state index in [-0.39, 0.29) is 12.4 Å². The largest absolute Gasteiger partial charge is 0.493 e. The molecule has 1 fully saturated rings. The van der Waals surface area contributed by atoms with Crippen molar-refractivity contribution in [3.8, 4) is 11.5 Å². The zero-order chi connectivity index (χ0) is 17.2. The van der Waals surface area contributed by atoms with Crippen molar-refractivity contribution in [2.75, 3.05) is 33.4 Å². The maximum atomic E-state index is 11.9. The molecule has 6 heteroatoms. The number of halogens is 1. The molecule has 0 aromatic heterocycles. The number of carbonyl (C=O) groups excluding carboxylic acids is 1. The van der Waals surface area contributed by atoms with E-state index < -0.39 is 0 Å². The van der Waals surface area contributed by atoms with Crippen LogP contribution in [0.25, 0.3) is 0 Å². The zero-order valence-electron chi connectivity index (χ0n) is 15.0. The summed E-state index contributed by atoms with van der Waals surface area (Å²) in [6.07, 6.45) is 5.72. The van der Waals surface area contributed by atoms with Crippen LogP contribution in [0.15, 0.2) is 30.9 Å². The Bertz CT molecular complexity index is 551. The van der Waals surface area contributed by atoms with Gasteiger partial charge in [-0.3, -0.25) is 4.79 Å². The summed E-state index contributed by atoms with van der Waals surface area (Å²) in [6, 6.07) is 5.91. The number of hydrogen-bond acceptors (Lipinski definition) is 4. The summed E-state index contributed by atoms with van der Waals surface area (Å²) in [5.74, 6) is 1.73. The van der Waals surface area contributed by atoms with E-state index in [2.05, 4.69) is 11.9 Å². The molecule has 0 spiro atoms. The minimum atomic E-state index is 0. The molecule has 5 nitrogen and oxygen atoms in total. The minimum Gasteiger partial charge on any atom is -0.493 e. The summed E-state index contributed by atoms with van der Waals surface area (Å²) >= 11 is 0. The van der Waals surface area contributed by atoms with E-state index in [1.165, 1.54) is 0 Å². The van der Waals surface area contributed by atoms with Crippen molar-refractivity contribution in [3.05, 3.63) is 36.4 Å². The fourth-order valence-corrected chi connectivity index (χ4v) is 2.81. The number of carbonyl (C=O) groups is 1. The standard InChI is InChI=1S/C19H28N2O3.ClH/c1-3-13-24-17-9-8-16(14-18(17)23-2)15-20-10-12-21-11-6-4-5-7-19(21)22;/h3,8-9,14,20H,1,4-7,10-13,15H2,2H3;1H. The Hall–Kier alpha value is -1.72. The third-order valence-electron chi connectivity index (χ3n) is 4.14. The van der Waals surface area contributed by atoms with Gasteiger partial charge in [-0.2, -0.15) is 0 Å². The lowest BCUT2D eigenvalue weighted by Gasteiger charge is -2.20. The first-order valence-electron chi connectivity index (χ1n) is 8.63. The molecule has 1 N–H and O–H groups in total. The van der Waals surface area contributed by atoms with E-state index >= 15 is 0 Å². The molecule has 1 aliphatic rings. The molecule has 0 aliphatic carbocycles. The fraction of sp³-hybridized carbons (Fsp3) is 0.526. The molecule has 0 unspecified atom stereocenters. The van der Waals surface area contributed by atoms with E-state index in [1.54, 1.807) is 13.2 Å². The highest BCUT2D eigenvalue weighted by atomic mass is 35.5. The molecule has 1 heterocycles. The fourth-order valence-electron chi connectivity index (χ4n) is 2.81. The highest BCUT2D eigenvalue weighted by Gasteiger charge is 2.15. The van der Waals surface area contributed by atoms with Crippen LogP contribution in [0.4, 0.5) is 0 Å². The topological polar surface area (TPSA) is 50.8 Å². The first-order chi connectivity index (χ1) is 11.7. The van der Waals surface area contributed by atoms with Gasteiger partial charge in [-0.05, 0) is 30.5 Å². The van der Waals surface area contributed by atoms with E-state index in [1.807, 2.05) is 23.1 Å². The van der Waals surface area contributed by atoms with Crippen molar-refractivity contribution in [1.82, 2.24) is 10.2 Å². The van der Waals surface area contributed by atoms with Crippen molar-refractivity contribution < 1.29 is 14.3 Å². The van der Waals surface area contributed by atoms with Crippen LogP contribution in [0.3, 0.4) is 0 Å². The SMILES string of the molecule is C=CCOc1ccc(CNCCN2CCCCCC2=O)cc1OC.Cl. The van der Waals surface area contributed by atoms with E-state index in [0.717, 1.165) is 62.5 Å². The van der Waals surface area contributed by atoms with Crippen LogP contribution in [0.2, 0.25) is 0 Å². The van der Waals surface area contributed by atoms with Crippen molar-refractivity contribution in [3.63, 3.8) is 0 Å². The number of ether oxygens (including phenoxy) is 2. The van der Waals surface area contributed by atoms with Gasteiger partial charge in [0.15, 0.2) is 11.5 Å². The third-order valence-corrected chi connectivity index (χ3v) is 4.14. The summed E-state index contributed by atoms with van der Waals surface area (Å²) in [6.45, 7) is 7.30. The van der Waals surface area contributed by atoms with Gasteiger partial charge in [0, 0.05) is 32.6 Å². The summed E-state index contributed by atoms with van der Waals surface area (Å²) in [7, 11) is 1.64. The smallest absolute Gasteiger partial charge is 0.222 e. The van der Waals surface area contributed by atoms with Gasteiger partial charge in [-0.15, -0.1) is 12.4 Å². The van der Waals surface area contributed by atoms with Gasteiger partial charge in [-0.25, -0.2) is 0 Å². The lowest BCUT2D eigenvalue weighted by atomic mass is 10.2. The number of nitrogens with one attached hydrogen (secondary N) is 1. The number of amides is 1. The summed E-state index contributed by atoms with van der Waals surface area (Å²) in [5.41, 5.74) is 1.12. The second kappa shape index (κ2) is 11.8. The third kappa shape index (κ3) is 6.96. The van der Waals surface area contributed by atoms with Crippen LogP contribution in [0.1, 0.15) is 31.2 Å². The van der Waals surface area contributed by atoms with E-state index in [0.29, 0.717) is 18.9 Å². The quantitative estimate of drug-likeness (QED) is 0.537. The molecule has 2 rings (SSSR count).